The zero-order chi connectivity index (χ0) is 9.47. The number of fused-ring (bicyclic) bond motifs is 1. The lowest BCUT2D eigenvalue weighted by Crippen LogP contribution is -2.34. The van der Waals surface area contributed by atoms with E-state index in [0.717, 1.165) is 0 Å². The number of benzene rings is 1. The van der Waals surface area contributed by atoms with Gasteiger partial charge in [0.15, 0.2) is 0 Å². The number of nitrogen functional groups attached to an aromatic ring is 1. The van der Waals surface area contributed by atoms with Crippen LogP contribution in [0.25, 0.3) is 0 Å². The van der Waals surface area contributed by atoms with Gasteiger partial charge in [-0.2, -0.15) is 4.72 Å². The first kappa shape index (κ1) is 8.33. The highest BCUT2D eigenvalue weighted by Crippen LogP contribution is 2.28. The molecule has 5 nitrogen and oxygen atoms in total. The van der Waals surface area contributed by atoms with Crippen molar-refractivity contribution in [1.29, 1.82) is 0 Å². The molecular formula is C7H9N3O2S. The molecule has 1 heterocycles. The molecule has 1 aromatic carbocycles. The summed E-state index contributed by atoms with van der Waals surface area (Å²) in [6.07, 6.45) is 0. The number of para-hydroxylation sites is 1. The maximum Gasteiger partial charge on any atom is 0.244 e. The minimum atomic E-state index is -3.36. The smallest absolute Gasteiger partial charge is 0.244 e. The van der Waals surface area contributed by atoms with Crippen LogP contribution in [-0.4, -0.2) is 15.1 Å². The van der Waals surface area contributed by atoms with Crippen molar-refractivity contribution in [2.75, 3.05) is 17.7 Å². The molecule has 0 fully saturated rings. The van der Waals surface area contributed by atoms with Crippen LogP contribution < -0.4 is 15.8 Å². The Morgan fingerprint density at radius 2 is 2.15 bits per heavy atom. The van der Waals surface area contributed by atoms with Gasteiger partial charge in [-0.15, -0.1) is 0 Å². The molecule has 0 unspecified atom stereocenters. The molecule has 4 N–H and O–H groups in total. The van der Waals surface area contributed by atoms with Gasteiger partial charge in [-0.3, -0.25) is 0 Å². The number of sulfonamides is 1. The van der Waals surface area contributed by atoms with Gasteiger partial charge >= 0.3 is 0 Å². The van der Waals surface area contributed by atoms with Crippen molar-refractivity contribution in [2.24, 2.45) is 0 Å². The van der Waals surface area contributed by atoms with Crippen LogP contribution >= 0.6 is 0 Å². The fraction of sp³-hybridized carbons (Fsp3) is 0.143. The molecule has 70 valence electrons. The van der Waals surface area contributed by atoms with Gasteiger partial charge in [-0.25, -0.2) is 8.42 Å². The third-order valence-corrected chi connectivity index (χ3v) is 3.32. The van der Waals surface area contributed by atoms with Crippen LogP contribution in [0.3, 0.4) is 0 Å². The number of nitrogens with one attached hydrogen (secondary N) is 2. The molecule has 0 radical (unpaired) electrons. The van der Waals surface area contributed by atoms with Crippen molar-refractivity contribution < 1.29 is 8.42 Å². The largest absolute Gasteiger partial charge is 0.397 e. The fourth-order valence-corrected chi connectivity index (χ4v) is 2.39. The van der Waals surface area contributed by atoms with Gasteiger partial charge in [-0.05, 0) is 12.1 Å². The second-order valence-electron chi connectivity index (χ2n) is 2.72. The predicted octanol–water partition coefficient (Wildman–Crippen LogP) is -0.0699. The highest BCUT2D eigenvalue weighted by molar-refractivity contribution is 7.89. The Kier molecular flexibility index (Phi) is 1.67. The highest BCUT2D eigenvalue weighted by Gasteiger charge is 2.23. The Hall–Kier alpha value is -1.27. The molecular weight excluding hydrogens is 190 g/mol. The zero-order valence-corrected chi connectivity index (χ0v) is 7.56. The third-order valence-electron chi connectivity index (χ3n) is 1.88. The first-order valence-electron chi connectivity index (χ1n) is 3.73. The molecule has 0 aliphatic carbocycles. The van der Waals surface area contributed by atoms with E-state index in [2.05, 4.69) is 10.0 Å². The molecule has 1 aromatic rings. The Bertz CT molecular complexity index is 441. The van der Waals surface area contributed by atoms with Gasteiger partial charge in [0.05, 0.1) is 18.0 Å². The summed E-state index contributed by atoms with van der Waals surface area (Å²) >= 11 is 0. The molecule has 0 atom stereocenters. The van der Waals surface area contributed by atoms with Gasteiger partial charge in [0.1, 0.15) is 4.90 Å². The summed E-state index contributed by atoms with van der Waals surface area (Å²) < 4.78 is 25.2. The number of nitrogens with two attached hydrogens (primary N) is 1. The lowest BCUT2D eigenvalue weighted by atomic mass is 10.3. The van der Waals surface area contributed by atoms with Gasteiger partial charge < -0.3 is 11.1 Å². The quantitative estimate of drug-likeness (QED) is 0.511. The topological polar surface area (TPSA) is 84.2 Å². The summed E-state index contributed by atoms with van der Waals surface area (Å²) in [5, 5.41) is 2.87. The van der Waals surface area contributed by atoms with Crippen LogP contribution in [0, 0.1) is 0 Å². The maximum absolute atomic E-state index is 11.4. The first-order chi connectivity index (χ1) is 6.11. The number of anilines is 2. The van der Waals surface area contributed by atoms with E-state index in [1.54, 1.807) is 12.1 Å². The maximum atomic E-state index is 11.4. The first-order valence-corrected chi connectivity index (χ1v) is 5.21. The van der Waals surface area contributed by atoms with E-state index in [-0.39, 0.29) is 11.6 Å². The van der Waals surface area contributed by atoms with Crippen LogP contribution in [-0.2, 0) is 10.0 Å². The van der Waals surface area contributed by atoms with Crippen molar-refractivity contribution >= 4 is 21.4 Å². The molecule has 0 aromatic heterocycles. The summed E-state index contributed by atoms with van der Waals surface area (Å²) in [5.41, 5.74) is 6.54. The van der Waals surface area contributed by atoms with E-state index in [4.69, 9.17) is 5.73 Å². The van der Waals surface area contributed by atoms with Crippen LogP contribution in [0.4, 0.5) is 11.4 Å². The van der Waals surface area contributed by atoms with E-state index in [9.17, 15) is 8.42 Å². The molecule has 0 amide bonds. The Labute approximate surface area is 76.0 Å². The third kappa shape index (κ3) is 1.24. The Morgan fingerprint density at radius 1 is 1.38 bits per heavy atom. The fourth-order valence-electron chi connectivity index (χ4n) is 1.26. The van der Waals surface area contributed by atoms with Crippen LogP contribution in [0.1, 0.15) is 0 Å². The molecule has 13 heavy (non-hydrogen) atoms. The average molecular weight is 199 g/mol. The Balaban J connectivity index is 2.73. The van der Waals surface area contributed by atoms with Crippen molar-refractivity contribution in [2.45, 2.75) is 4.90 Å². The second kappa shape index (κ2) is 2.61. The number of hydrogen-bond acceptors (Lipinski definition) is 4. The lowest BCUT2D eigenvalue weighted by Gasteiger charge is -2.20. The molecule has 1 aliphatic rings. The average Bonchev–Trinajstić information content (AvgIpc) is 2.06. The summed E-state index contributed by atoms with van der Waals surface area (Å²) in [6, 6.07) is 4.78. The normalized spacial score (nSPS) is 18.8. The van der Waals surface area contributed by atoms with E-state index in [1.807, 2.05) is 0 Å². The minimum absolute atomic E-state index is 0.184. The molecule has 0 saturated carbocycles. The monoisotopic (exact) mass is 199 g/mol. The van der Waals surface area contributed by atoms with E-state index in [0.29, 0.717) is 11.4 Å². The van der Waals surface area contributed by atoms with Crippen LogP contribution in [0.5, 0.6) is 0 Å². The highest BCUT2D eigenvalue weighted by atomic mass is 32.2. The minimum Gasteiger partial charge on any atom is -0.397 e. The molecule has 0 spiro atoms. The standard InChI is InChI=1S/C7H9N3O2S/c8-5-2-1-3-6-7(5)9-4-10-13(6,11)12/h1-3,9-10H,4,8H2. The molecule has 0 bridgehead atoms. The van der Waals surface area contributed by atoms with Crippen molar-refractivity contribution in [3.05, 3.63) is 18.2 Å². The van der Waals surface area contributed by atoms with Gasteiger partial charge in [0.25, 0.3) is 0 Å². The number of hydrogen-bond donors (Lipinski definition) is 3. The molecule has 1 aliphatic heterocycles. The predicted molar refractivity (Wildman–Crippen MR) is 49.7 cm³/mol. The Morgan fingerprint density at radius 3 is 2.85 bits per heavy atom. The molecule has 2 rings (SSSR count). The van der Waals surface area contributed by atoms with E-state index in [1.165, 1.54) is 6.07 Å². The summed E-state index contributed by atoms with van der Waals surface area (Å²) in [4.78, 5) is 0.207. The SMILES string of the molecule is Nc1cccc2c1NCNS2(=O)=O. The summed E-state index contributed by atoms with van der Waals surface area (Å²) in [7, 11) is -3.36. The number of rotatable bonds is 0. The van der Waals surface area contributed by atoms with Gasteiger partial charge in [-0.1, -0.05) is 6.07 Å². The lowest BCUT2D eigenvalue weighted by molar-refractivity contribution is 0.581. The van der Waals surface area contributed by atoms with Crippen molar-refractivity contribution in [1.82, 2.24) is 4.72 Å². The summed E-state index contributed by atoms with van der Waals surface area (Å²) in [5.74, 6) is 0. The van der Waals surface area contributed by atoms with E-state index >= 15 is 0 Å². The second-order valence-corrected chi connectivity index (χ2v) is 4.46. The van der Waals surface area contributed by atoms with Crippen molar-refractivity contribution in [3.8, 4) is 0 Å². The van der Waals surface area contributed by atoms with Crippen LogP contribution in [0.15, 0.2) is 23.1 Å². The zero-order valence-electron chi connectivity index (χ0n) is 6.74. The molecule has 6 heteroatoms. The molecule has 0 saturated heterocycles. The van der Waals surface area contributed by atoms with Crippen molar-refractivity contribution in [3.63, 3.8) is 0 Å². The van der Waals surface area contributed by atoms with E-state index < -0.39 is 10.0 Å². The van der Waals surface area contributed by atoms with Gasteiger partial charge in [0, 0.05) is 0 Å². The van der Waals surface area contributed by atoms with Gasteiger partial charge in [0.2, 0.25) is 10.0 Å². The van der Waals surface area contributed by atoms with Crippen LogP contribution in [0.2, 0.25) is 0 Å². The summed E-state index contributed by atoms with van der Waals surface area (Å²) in [6.45, 7) is 0.184.